The van der Waals surface area contributed by atoms with Crippen LogP contribution in [0.4, 0.5) is 0 Å². The Labute approximate surface area is 164 Å². The average molecular weight is 397 g/mol. The quantitative estimate of drug-likeness (QED) is 0.340. The Bertz CT molecular complexity index is 685. The van der Waals surface area contributed by atoms with Crippen molar-refractivity contribution in [2.75, 3.05) is 13.2 Å². The van der Waals surface area contributed by atoms with Crippen LogP contribution in [0.1, 0.15) is 59.3 Å². The van der Waals surface area contributed by atoms with E-state index in [1.54, 1.807) is 0 Å². The molecule has 2 saturated carbocycles. The van der Waals surface area contributed by atoms with Gasteiger partial charge in [-0.05, 0) is 66.7 Å². The van der Waals surface area contributed by atoms with Crippen LogP contribution in [0.5, 0.6) is 0 Å². The molecule has 3 aliphatic carbocycles. The summed E-state index contributed by atoms with van der Waals surface area (Å²) in [4.78, 5) is 31.1. The zero-order chi connectivity index (χ0) is 20.7. The Morgan fingerprint density at radius 1 is 1.29 bits per heavy atom. The highest BCUT2D eigenvalue weighted by Crippen LogP contribution is 2.72. The van der Waals surface area contributed by atoms with Crippen LogP contribution in [0.3, 0.4) is 0 Å². The predicted molar refractivity (Wildman–Crippen MR) is 101 cm³/mol. The summed E-state index contributed by atoms with van der Waals surface area (Å²) < 4.78 is 0. The first-order valence-corrected chi connectivity index (χ1v) is 10.1. The van der Waals surface area contributed by atoms with Gasteiger partial charge in [-0.3, -0.25) is 0 Å². The van der Waals surface area contributed by atoms with Gasteiger partial charge in [0.2, 0.25) is 0 Å². The van der Waals surface area contributed by atoms with Crippen molar-refractivity contribution in [3.8, 4) is 0 Å². The van der Waals surface area contributed by atoms with E-state index in [4.69, 9.17) is 10.6 Å². The molecule has 0 aromatic rings. The van der Waals surface area contributed by atoms with Crippen LogP contribution in [-0.4, -0.2) is 29.4 Å². The third-order valence-corrected chi connectivity index (χ3v) is 7.56. The Morgan fingerprint density at radius 2 is 2.00 bits per heavy atom. The molecular weight excluding hydrogens is 366 g/mol. The van der Waals surface area contributed by atoms with E-state index in [1.165, 1.54) is 5.57 Å². The average Bonchev–Trinajstić information content (AvgIpc) is 2.71. The minimum atomic E-state index is -0.995. The first kappa shape index (κ1) is 20.8. The first-order valence-electron chi connectivity index (χ1n) is 10.1. The van der Waals surface area contributed by atoms with Crippen LogP contribution in [0.25, 0.3) is 0 Å². The van der Waals surface area contributed by atoms with Crippen LogP contribution < -0.4 is 5.73 Å². The third kappa shape index (κ3) is 3.56. The summed E-state index contributed by atoms with van der Waals surface area (Å²) >= 11 is 0. The van der Waals surface area contributed by atoms with Gasteiger partial charge in [-0.25, -0.2) is 0 Å². The van der Waals surface area contributed by atoms with Crippen LogP contribution in [0.2, 0.25) is 0 Å². The van der Waals surface area contributed by atoms with Gasteiger partial charge in [-0.15, -0.1) is 20.2 Å². The number of fused-ring (bicyclic) bond motifs is 1. The second-order valence-corrected chi connectivity index (χ2v) is 9.61. The molecule has 0 radical (unpaired) electrons. The van der Waals surface area contributed by atoms with Crippen molar-refractivity contribution in [1.29, 1.82) is 0 Å². The lowest BCUT2D eigenvalue weighted by Crippen LogP contribution is -2.45. The molecule has 6 unspecified atom stereocenters. The number of hydrogen-bond donors (Lipinski definition) is 1. The lowest BCUT2D eigenvalue weighted by atomic mass is 9.55. The summed E-state index contributed by atoms with van der Waals surface area (Å²) in [6.07, 6.45) is 6.99. The molecule has 2 N–H and O–H groups in total. The molecule has 158 valence electrons. The molecule has 0 spiro atoms. The van der Waals surface area contributed by atoms with Crippen LogP contribution in [-0.2, 0) is 9.68 Å². The maximum atomic E-state index is 11.1. The summed E-state index contributed by atoms with van der Waals surface area (Å²) in [5, 5.41) is 19.9. The highest BCUT2D eigenvalue weighted by molar-refractivity contribution is 5.33. The monoisotopic (exact) mass is 397 g/mol. The fourth-order valence-electron chi connectivity index (χ4n) is 6.97. The number of nitrogens with two attached hydrogens (primary N) is 1. The molecule has 0 heterocycles. The van der Waals surface area contributed by atoms with Gasteiger partial charge in [0.15, 0.2) is 0 Å². The lowest BCUT2D eigenvalue weighted by Gasteiger charge is -2.50. The number of nitrogens with zero attached hydrogens (tertiary/aromatic N) is 2. The van der Waals surface area contributed by atoms with E-state index in [1.807, 2.05) is 6.92 Å². The SMILES string of the molecule is CCC(C(CO[N+](=O)[O-])O[N+](=O)[O-])C1(C)C=C2CC3(C)CC(CCN)(CC23)C1. The Hall–Kier alpha value is -1.90. The Morgan fingerprint density at radius 3 is 2.57 bits per heavy atom. The molecule has 0 amide bonds. The molecule has 0 aliphatic heterocycles. The summed E-state index contributed by atoms with van der Waals surface area (Å²) in [7, 11) is 0. The minimum absolute atomic E-state index is 0.105. The van der Waals surface area contributed by atoms with E-state index < -0.39 is 22.9 Å². The van der Waals surface area contributed by atoms with E-state index in [0.29, 0.717) is 24.3 Å². The zero-order valence-electron chi connectivity index (χ0n) is 16.9. The fraction of sp³-hybridized carbons (Fsp3) is 0.895. The normalized spacial score (nSPS) is 37.9. The van der Waals surface area contributed by atoms with Gasteiger partial charge in [-0.2, -0.15) is 0 Å². The summed E-state index contributed by atoms with van der Waals surface area (Å²) in [6.45, 7) is 6.59. The van der Waals surface area contributed by atoms with Crippen molar-refractivity contribution >= 4 is 0 Å². The number of hydrogen-bond acceptors (Lipinski definition) is 7. The third-order valence-electron chi connectivity index (χ3n) is 7.56. The highest BCUT2D eigenvalue weighted by Gasteiger charge is 2.62. The molecule has 0 saturated heterocycles. The van der Waals surface area contributed by atoms with Gasteiger partial charge in [0.25, 0.3) is 10.2 Å². The molecular formula is C19H31N3O6. The van der Waals surface area contributed by atoms with Crippen LogP contribution >= 0.6 is 0 Å². The molecule has 0 aromatic heterocycles. The fourth-order valence-corrected chi connectivity index (χ4v) is 6.97. The maximum Gasteiger partial charge on any atom is 0.294 e. The van der Waals surface area contributed by atoms with Gasteiger partial charge in [0, 0.05) is 0 Å². The topological polar surface area (TPSA) is 131 Å². The molecule has 6 atom stereocenters. The van der Waals surface area contributed by atoms with Gasteiger partial charge < -0.3 is 15.4 Å². The molecule has 9 nitrogen and oxygen atoms in total. The van der Waals surface area contributed by atoms with E-state index >= 15 is 0 Å². The van der Waals surface area contributed by atoms with Gasteiger partial charge in [0.05, 0.1) is 0 Å². The first-order chi connectivity index (χ1) is 13.1. The van der Waals surface area contributed by atoms with Crippen molar-refractivity contribution in [2.24, 2.45) is 33.8 Å². The van der Waals surface area contributed by atoms with Crippen molar-refractivity contribution in [1.82, 2.24) is 0 Å². The predicted octanol–water partition coefficient (Wildman–Crippen LogP) is 3.29. The largest absolute Gasteiger partial charge is 0.330 e. The smallest absolute Gasteiger partial charge is 0.294 e. The van der Waals surface area contributed by atoms with Crippen LogP contribution in [0.15, 0.2) is 11.6 Å². The Balaban J connectivity index is 1.94. The van der Waals surface area contributed by atoms with Crippen molar-refractivity contribution in [3.63, 3.8) is 0 Å². The molecule has 2 fully saturated rings. The minimum Gasteiger partial charge on any atom is -0.330 e. The van der Waals surface area contributed by atoms with Crippen molar-refractivity contribution in [3.05, 3.63) is 31.9 Å². The van der Waals surface area contributed by atoms with Gasteiger partial charge in [-0.1, -0.05) is 38.8 Å². The van der Waals surface area contributed by atoms with Crippen molar-refractivity contribution in [2.45, 2.75) is 65.4 Å². The molecule has 3 aliphatic rings. The molecule has 0 aromatic carbocycles. The van der Waals surface area contributed by atoms with E-state index in [-0.39, 0.29) is 16.7 Å². The molecule has 28 heavy (non-hydrogen) atoms. The van der Waals surface area contributed by atoms with E-state index in [0.717, 1.165) is 32.1 Å². The Kier molecular flexibility index (Phi) is 5.33. The van der Waals surface area contributed by atoms with Crippen LogP contribution in [0, 0.1) is 48.3 Å². The maximum absolute atomic E-state index is 11.1. The second kappa shape index (κ2) is 7.17. The van der Waals surface area contributed by atoms with E-state index in [2.05, 4.69) is 24.8 Å². The summed E-state index contributed by atoms with van der Waals surface area (Å²) in [5.41, 5.74) is 7.48. The molecule has 2 bridgehead atoms. The molecule has 3 rings (SSSR count). The lowest BCUT2D eigenvalue weighted by molar-refractivity contribution is -0.792. The molecule has 9 heteroatoms. The summed E-state index contributed by atoms with van der Waals surface area (Å²) in [6, 6.07) is 0. The number of allylic oxidation sites excluding steroid dienone is 2. The summed E-state index contributed by atoms with van der Waals surface area (Å²) in [5.74, 6) is 0.287. The standard InChI is InChI=1S/C19H31N3O6/c1-4-14(16(28-22(25)26)10-27-21(23)24)17(2)7-13-8-18(3)12-19(11-17,5-6-20)9-15(13)18/h7,14-16H,4-6,8-12,20H2,1-3H3. The zero-order valence-corrected chi connectivity index (χ0v) is 16.9. The number of rotatable bonds is 10. The second-order valence-electron chi connectivity index (χ2n) is 9.61. The highest BCUT2D eigenvalue weighted by atomic mass is 17.0. The van der Waals surface area contributed by atoms with Gasteiger partial charge in [0.1, 0.15) is 12.7 Å². The van der Waals surface area contributed by atoms with E-state index in [9.17, 15) is 20.2 Å². The van der Waals surface area contributed by atoms with Crippen molar-refractivity contribution < 1.29 is 19.8 Å². The van der Waals surface area contributed by atoms with Gasteiger partial charge >= 0.3 is 0 Å².